The summed E-state index contributed by atoms with van der Waals surface area (Å²) < 4.78 is 22.2. The second-order valence-corrected chi connectivity index (χ2v) is 8.84. The zero-order valence-electron chi connectivity index (χ0n) is 18.8. The van der Waals surface area contributed by atoms with E-state index in [1.807, 2.05) is 0 Å². The molecule has 0 aliphatic rings. The van der Waals surface area contributed by atoms with Crippen molar-refractivity contribution in [1.82, 2.24) is 0 Å². The minimum absolute atomic E-state index is 0.316. The molecule has 0 amide bonds. The van der Waals surface area contributed by atoms with Gasteiger partial charge in [0.15, 0.2) is 0 Å². The van der Waals surface area contributed by atoms with Crippen molar-refractivity contribution in [2.75, 3.05) is 19.8 Å². The molecular formula is C21H48NO4P. The molecule has 3 N–H and O–H groups in total. The van der Waals surface area contributed by atoms with Crippen molar-refractivity contribution < 1.29 is 18.5 Å². The Labute approximate surface area is 169 Å². The minimum Gasteiger partial charge on any atom is -0.330 e. The Balaban J connectivity index is 0. The molecule has 2 unspecified atom stereocenters. The normalized spacial score (nSPS) is 15.5. The van der Waals surface area contributed by atoms with Crippen LogP contribution in [0.25, 0.3) is 0 Å². The van der Waals surface area contributed by atoms with Crippen LogP contribution in [0.5, 0.6) is 0 Å². The summed E-state index contributed by atoms with van der Waals surface area (Å²) in [5, 5.41) is 0. The molecule has 0 spiro atoms. The van der Waals surface area contributed by atoms with Crippen LogP contribution in [0.3, 0.4) is 0 Å². The van der Waals surface area contributed by atoms with Crippen molar-refractivity contribution in [3.8, 4) is 0 Å². The van der Waals surface area contributed by atoms with E-state index >= 15 is 0 Å². The predicted molar refractivity (Wildman–Crippen MR) is 117 cm³/mol. The molecule has 27 heavy (non-hydrogen) atoms. The van der Waals surface area contributed by atoms with Crippen molar-refractivity contribution in [3.63, 3.8) is 0 Å². The van der Waals surface area contributed by atoms with Gasteiger partial charge in [-0.15, -0.1) is 0 Å². The molecule has 0 aromatic heterocycles. The monoisotopic (exact) mass is 409 g/mol. The molecule has 0 saturated carbocycles. The van der Waals surface area contributed by atoms with Gasteiger partial charge in [-0.2, -0.15) is 0 Å². The van der Waals surface area contributed by atoms with Crippen LogP contribution in [-0.4, -0.2) is 24.7 Å². The molecule has 0 fully saturated rings. The summed E-state index contributed by atoms with van der Waals surface area (Å²) in [6, 6.07) is 0. The van der Waals surface area contributed by atoms with Gasteiger partial charge < -0.3 is 10.6 Å². The van der Waals surface area contributed by atoms with Gasteiger partial charge >= 0.3 is 7.82 Å². The SMILES string of the molecule is CCCCC(CC)COP(=O)(O)OCC(CC)CCCC.CCCCCN. The zero-order valence-corrected chi connectivity index (χ0v) is 19.6. The van der Waals surface area contributed by atoms with E-state index in [1.165, 1.54) is 19.3 Å². The summed E-state index contributed by atoms with van der Waals surface area (Å²) in [5.74, 6) is 0.687. The number of hydrogen-bond donors (Lipinski definition) is 2. The van der Waals surface area contributed by atoms with Crippen molar-refractivity contribution in [2.24, 2.45) is 17.6 Å². The molecule has 6 heteroatoms. The number of rotatable bonds is 17. The van der Waals surface area contributed by atoms with Gasteiger partial charge in [0, 0.05) is 0 Å². The highest BCUT2D eigenvalue weighted by atomic mass is 31.2. The number of phosphoric ester groups is 1. The van der Waals surface area contributed by atoms with E-state index < -0.39 is 7.82 Å². The first-order valence-electron chi connectivity index (χ1n) is 11.2. The minimum atomic E-state index is -3.89. The molecule has 0 aliphatic heterocycles. The molecule has 166 valence electrons. The summed E-state index contributed by atoms with van der Waals surface area (Å²) in [6.45, 7) is 12.1. The lowest BCUT2D eigenvalue weighted by Crippen LogP contribution is -2.12. The summed E-state index contributed by atoms with van der Waals surface area (Å²) in [7, 11) is -3.89. The quantitative estimate of drug-likeness (QED) is 0.207. The van der Waals surface area contributed by atoms with Gasteiger partial charge in [0.05, 0.1) is 13.2 Å². The van der Waals surface area contributed by atoms with Gasteiger partial charge in [0.25, 0.3) is 0 Å². The van der Waals surface area contributed by atoms with Crippen LogP contribution in [0.15, 0.2) is 0 Å². The maximum Gasteiger partial charge on any atom is 0.472 e. The van der Waals surface area contributed by atoms with E-state index in [0.717, 1.165) is 57.9 Å². The standard InChI is InChI=1S/C16H35O4P.C5H13N/c1-5-9-11-15(7-3)13-19-21(17,18)20-14-16(8-4)12-10-6-2;1-2-3-4-5-6/h15-16H,5-14H2,1-4H3,(H,17,18);2-6H2,1H3. The smallest absolute Gasteiger partial charge is 0.330 e. The summed E-state index contributed by atoms with van der Waals surface area (Å²) >= 11 is 0. The van der Waals surface area contributed by atoms with Crippen LogP contribution >= 0.6 is 7.82 Å². The number of unbranched alkanes of at least 4 members (excludes halogenated alkanes) is 4. The average Bonchev–Trinajstić information content (AvgIpc) is 2.67. The first-order valence-corrected chi connectivity index (χ1v) is 12.7. The maximum absolute atomic E-state index is 11.9. The van der Waals surface area contributed by atoms with E-state index in [1.54, 1.807) is 0 Å². The molecule has 0 bridgehead atoms. The van der Waals surface area contributed by atoms with E-state index in [0.29, 0.717) is 25.0 Å². The fourth-order valence-electron chi connectivity index (χ4n) is 2.63. The molecule has 0 saturated heterocycles. The fraction of sp³-hybridized carbons (Fsp3) is 1.00. The van der Waals surface area contributed by atoms with Gasteiger partial charge in [-0.3, -0.25) is 9.05 Å². The second kappa shape index (κ2) is 20.8. The lowest BCUT2D eigenvalue weighted by molar-refractivity contribution is 0.110. The molecule has 0 aliphatic carbocycles. The third-order valence-corrected chi connectivity index (χ3v) is 5.79. The highest BCUT2D eigenvalue weighted by molar-refractivity contribution is 7.47. The van der Waals surface area contributed by atoms with Crippen molar-refractivity contribution in [1.29, 1.82) is 0 Å². The lowest BCUT2D eigenvalue weighted by Gasteiger charge is -2.20. The molecule has 5 nitrogen and oxygen atoms in total. The van der Waals surface area contributed by atoms with Crippen LogP contribution in [0.1, 0.15) is 105 Å². The molecule has 0 aromatic carbocycles. The van der Waals surface area contributed by atoms with E-state index in [-0.39, 0.29) is 0 Å². The Bertz CT molecular complexity index is 314. The Morgan fingerprint density at radius 1 is 0.778 bits per heavy atom. The van der Waals surface area contributed by atoms with Gasteiger partial charge in [-0.05, 0) is 37.6 Å². The highest BCUT2D eigenvalue weighted by Gasteiger charge is 2.24. The number of hydrogen-bond acceptors (Lipinski definition) is 4. The highest BCUT2D eigenvalue weighted by Crippen LogP contribution is 2.44. The van der Waals surface area contributed by atoms with Crippen LogP contribution in [-0.2, 0) is 13.6 Å². The number of nitrogens with two attached hydrogens (primary N) is 1. The molecule has 0 rings (SSSR count). The van der Waals surface area contributed by atoms with Gasteiger partial charge in [-0.1, -0.05) is 86.0 Å². The van der Waals surface area contributed by atoms with Gasteiger partial charge in [0.1, 0.15) is 0 Å². The van der Waals surface area contributed by atoms with E-state index in [2.05, 4.69) is 34.6 Å². The second-order valence-electron chi connectivity index (χ2n) is 7.39. The summed E-state index contributed by atoms with van der Waals surface area (Å²) in [6.07, 6.45) is 12.3. The van der Waals surface area contributed by atoms with Crippen LogP contribution in [0, 0.1) is 11.8 Å². The van der Waals surface area contributed by atoms with E-state index in [9.17, 15) is 9.46 Å². The van der Waals surface area contributed by atoms with Crippen LogP contribution in [0.4, 0.5) is 0 Å². The zero-order chi connectivity index (χ0) is 21.0. The maximum atomic E-state index is 11.9. The molecule has 0 heterocycles. The van der Waals surface area contributed by atoms with Crippen molar-refractivity contribution >= 4 is 7.82 Å². The Morgan fingerprint density at radius 2 is 1.19 bits per heavy atom. The van der Waals surface area contributed by atoms with E-state index in [4.69, 9.17) is 14.8 Å². The lowest BCUT2D eigenvalue weighted by atomic mass is 10.0. The Morgan fingerprint density at radius 3 is 1.44 bits per heavy atom. The van der Waals surface area contributed by atoms with Gasteiger partial charge in [0.2, 0.25) is 0 Å². The summed E-state index contributed by atoms with van der Waals surface area (Å²) in [4.78, 5) is 9.77. The molecule has 0 radical (unpaired) electrons. The average molecular weight is 410 g/mol. The first kappa shape index (κ1) is 29.3. The Kier molecular flexibility index (Phi) is 22.5. The van der Waals surface area contributed by atoms with Crippen molar-refractivity contribution in [2.45, 2.75) is 105 Å². The van der Waals surface area contributed by atoms with Crippen LogP contribution in [0.2, 0.25) is 0 Å². The predicted octanol–water partition coefficient (Wildman–Crippen LogP) is 6.69. The van der Waals surface area contributed by atoms with Crippen molar-refractivity contribution in [3.05, 3.63) is 0 Å². The van der Waals surface area contributed by atoms with Gasteiger partial charge in [-0.25, -0.2) is 4.57 Å². The fourth-order valence-corrected chi connectivity index (χ4v) is 3.50. The topological polar surface area (TPSA) is 81.8 Å². The molecule has 2 atom stereocenters. The first-order chi connectivity index (χ1) is 12.9. The molecular weight excluding hydrogens is 361 g/mol. The molecule has 0 aromatic rings. The van der Waals surface area contributed by atoms with Crippen LogP contribution < -0.4 is 5.73 Å². The summed E-state index contributed by atoms with van der Waals surface area (Å²) in [5.41, 5.74) is 5.21. The number of phosphoric acid groups is 1. The Hall–Kier alpha value is 0.0700. The third kappa shape index (κ3) is 20.6. The largest absolute Gasteiger partial charge is 0.472 e. The third-order valence-electron chi connectivity index (χ3n) is 4.84.